The Bertz CT molecular complexity index is 206. The Balaban J connectivity index is 4.20. The second-order valence-corrected chi connectivity index (χ2v) is 4.30. The van der Waals surface area contributed by atoms with Crippen molar-refractivity contribution in [3.05, 3.63) is 5.21 Å². The van der Waals surface area contributed by atoms with Crippen LogP contribution >= 0.6 is 0 Å². The van der Waals surface area contributed by atoms with Crippen molar-refractivity contribution < 1.29 is 10.2 Å². The molecule has 0 aromatic carbocycles. The molecule has 0 rings (SSSR count). The van der Waals surface area contributed by atoms with E-state index in [0.29, 0.717) is 18.9 Å². The van der Waals surface area contributed by atoms with E-state index in [9.17, 15) is 5.21 Å². The zero-order chi connectivity index (χ0) is 12.0. The monoisotopic (exact) mass is 218 g/mol. The van der Waals surface area contributed by atoms with Gasteiger partial charge in [0.05, 0.1) is 17.6 Å². The van der Waals surface area contributed by atoms with E-state index in [0.717, 1.165) is 0 Å². The quantitative estimate of drug-likeness (QED) is 0.400. The lowest BCUT2D eigenvalue weighted by atomic mass is 10.0. The molecule has 1 atom stereocenters. The molecule has 3 N–H and O–H groups in total. The summed E-state index contributed by atoms with van der Waals surface area (Å²) < 4.78 is 0. The third-order valence-electron chi connectivity index (χ3n) is 2.44. The highest BCUT2D eigenvalue weighted by Gasteiger charge is 2.19. The van der Waals surface area contributed by atoms with E-state index in [1.807, 2.05) is 27.7 Å². The van der Waals surface area contributed by atoms with E-state index >= 15 is 0 Å². The van der Waals surface area contributed by atoms with Crippen LogP contribution in [0.2, 0.25) is 0 Å². The Morgan fingerprint density at radius 3 is 2.27 bits per heavy atom. The molecule has 0 radical (unpaired) electrons. The Kier molecular flexibility index (Phi) is 6.00. The lowest BCUT2D eigenvalue weighted by molar-refractivity contribution is -0.716. The first-order valence-electron chi connectivity index (χ1n) is 5.24. The van der Waals surface area contributed by atoms with Gasteiger partial charge < -0.3 is 16.1 Å². The fraction of sp³-hybridized carbons (Fsp3) is 1.00. The summed E-state index contributed by atoms with van der Waals surface area (Å²) >= 11 is 0. The molecule has 0 bridgehead atoms. The third kappa shape index (κ3) is 4.83. The molecule has 15 heavy (non-hydrogen) atoms. The van der Waals surface area contributed by atoms with Crippen LogP contribution in [0.1, 0.15) is 34.1 Å². The highest BCUT2D eigenvalue weighted by Crippen LogP contribution is 2.07. The first-order chi connectivity index (χ1) is 6.90. The summed E-state index contributed by atoms with van der Waals surface area (Å²) in [6.45, 7) is 8.28. The maximum Gasteiger partial charge on any atom is 0.230 e. The standard InChI is InChI=1S/C9H22N4O2/c1-7(2)9(10)5-6-12(8(3)4)13(15)11-14/h7-9,14H,5-6,10H2,1-4H3/b13-11-. The predicted octanol–water partition coefficient (Wildman–Crippen LogP) is 1.34. The predicted molar refractivity (Wildman–Crippen MR) is 57.1 cm³/mol. The van der Waals surface area contributed by atoms with Gasteiger partial charge in [-0.3, -0.25) is 0 Å². The molecule has 0 fully saturated rings. The molecule has 0 aliphatic rings. The van der Waals surface area contributed by atoms with Crippen molar-refractivity contribution in [1.29, 1.82) is 0 Å². The summed E-state index contributed by atoms with van der Waals surface area (Å²) in [7, 11) is 0. The molecule has 0 aromatic heterocycles. The van der Waals surface area contributed by atoms with Crippen molar-refractivity contribution >= 4 is 0 Å². The van der Waals surface area contributed by atoms with Gasteiger partial charge in [0.25, 0.3) is 0 Å². The fourth-order valence-corrected chi connectivity index (χ4v) is 1.21. The minimum Gasteiger partial charge on any atom is -0.569 e. The summed E-state index contributed by atoms with van der Waals surface area (Å²) in [6, 6.07) is 0.0381. The van der Waals surface area contributed by atoms with Crippen LogP contribution in [0.5, 0.6) is 0 Å². The summed E-state index contributed by atoms with van der Waals surface area (Å²) in [5, 5.41) is 23.5. The molecule has 6 nitrogen and oxygen atoms in total. The van der Waals surface area contributed by atoms with Crippen LogP contribution in [0, 0.1) is 11.1 Å². The molecule has 0 spiro atoms. The van der Waals surface area contributed by atoms with Gasteiger partial charge in [-0.1, -0.05) is 13.8 Å². The molecule has 0 saturated carbocycles. The second kappa shape index (κ2) is 6.44. The zero-order valence-electron chi connectivity index (χ0n) is 9.92. The van der Waals surface area contributed by atoms with Crippen molar-refractivity contribution in [1.82, 2.24) is 5.01 Å². The third-order valence-corrected chi connectivity index (χ3v) is 2.44. The normalized spacial score (nSPS) is 14.7. The van der Waals surface area contributed by atoms with E-state index in [1.165, 1.54) is 5.01 Å². The second-order valence-electron chi connectivity index (χ2n) is 4.30. The molecule has 0 aliphatic carbocycles. The molecule has 0 saturated heterocycles. The number of nitrogens with two attached hydrogens (primary N) is 1. The molecule has 90 valence electrons. The minimum atomic E-state index is -0.0160. The van der Waals surface area contributed by atoms with Crippen LogP contribution in [0.3, 0.4) is 0 Å². The van der Waals surface area contributed by atoms with Gasteiger partial charge in [0.15, 0.2) is 0 Å². The van der Waals surface area contributed by atoms with Gasteiger partial charge in [-0.25, -0.2) is 0 Å². The van der Waals surface area contributed by atoms with Crippen LogP contribution < -0.4 is 5.73 Å². The Morgan fingerprint density at radius 1 is 1.40 bits per heavy atom. The van der Waals surface area contributed by atoms with Crippen molar-refractivity contribution in [2.75, 3.05) is 6.54 Å². The smallest absolute Gasteiger partial charge is 0.230 e. The van der Waals surface area contributed by atoms with Gasteiger partial charge >= 0.3 is 0 Å². The van der Waals surface area contributed by atoms with Crippen LogP contribution in [0.15, 0.2) is 5.28 Å². The van der Waals surface area contributed by atoms with Crippen LogP contribution in [0.25, 0.3) is 0 Å². The van der Waals surface area contributed by atoms with Crippen LogP contribution in [-0.4, -0.2) is 33.8 Å². The van der Waals surface area contributed by atoms with E-state index in [2.05, 4.69) is 5.28 Å². The van der Waals surface area contributed by atoms with Gasteiger partial charge in [-0.05, 0) is 26.2 Å². The summed E-state index contributed by atoms with van der Waals surface area (Å²) in [5.41, 5.74) is 5.87. The zero-order valence-corrected chi connectivity index (χ0v) is 9.92. The maximum atomic E-state index is 11.1. The van der Waals surface area contributed by atoms with Crippen molar-refractivity contribution in [2.45, 2.75) is 46.2 Å². The highest BCUT2D eigenvalue weighted by molar-refractivity contribution is 4.66. The van der Waals surface area contributed by atoms with E-state index in [4.69, 9.17) is 10.9 Å². The number of hydrogen-bond acceptors (Lipinski definition) is 3. The molecular weight excluding hydrogens is 196 g/mol. The van der Waals surface area contributed by atoms with Gasteiger partial charge in [0.2, 0.25) is 5.28 Å². The molecule has 0 heterocycles. The lowest BCUT2D eigenvalue weighted by Gasteiger charge is -2.23. The van der Waals surface area contributed by atoms with Gasteiger partial charge in [-0.2, -0.15) is 0 Å². The Morgan fingerprint density at radius 2 is 1.93 bits per heavy atom. The minimum absolute atomic E-state index is 0.0160. The van der Waals surface area contributed by atoms with Crippen LogP contribution in [-0.2, 0) is 0 Å². The Labute approximate surface area is 90.9 Å². The number of rotatable bonds is 6. The average Bonchev–Trinajstić information content (AvgIpc) is 2.16. The highest BCUT2D eigenvalue weighted by atomic mass is 16.6. The van der Waals surface area contributed by atoms with Crippen molar-refractivity contribution in [2.24, 2.45) is 16.9 Å². The SMILES string of the molecule is CC(C)C(N)CCN(C(C)C)/[N+]([O-])=N/O. The number of hydrogen-bond donors (Lipinski definition) is 2. The van der Waals surface area contributed by atoms with Gasteiger partial charge in [0, 0.05) is 6.04 Å². The van der Waals surface area contributed by atoms with Crippen molar-refractivity contribution in [3.63, 3.8) is 0 Å². The number of hydrazine groups is 1. The van der Waals surface area contributed by atoms with Gasteiger partial charge in [0.1, 0.15) is 0 Å². The van der Waals surface area contributed by atoms with E-state index in [1.54, 1.807) is 0 Å². The molecular formula is C9H22N4O2. The molecule has 0 amide bonds. The summed E-state index contributed by atoms with van der Waals surface area (Å²) in [4.78, 5) is 0.206. The first kappa shape index (κ1) is 14.0. The maximum absolute atomic E-state index is 11.1. The molecule has 0 aromatic rings. The molecule has 6 heteroatoms. The number of nitrogens with zero attached hydrogens (tertiary/aromatic N) is 3. The van der Waals surface area contributed by atoms with Crippen molar-refractivity contribution in [3.8, 4) is 0 Å². The van der Waals surface area contributed by atoms with E-state index in [-0.39, 0.29) is 17.1 Å². The fourth-order valence-electron chi connectivity index (χ4n) is 1.21. The first-order valence-corrected chi connectivity index (χ1v) is 5.24. The lowest BCUT2D eigenvalue weighted by Crippen LogP contribution is -2.40. The average molecular weight is 218 g/mol. The topological polar surface area (TPSA) is 87.9 Å². The summed E-state index contributed by atoms with van der Waals surface area (Å²) in [6.07, 6.45) is 0.699. The largest absolute Gasteiger partial charge is 0.569 e. The summed E-state index contributed by atoms with van der Waals surface area (Å²) in [5.74, 6) is 0.380. The van der Waals surface area contributed by atoms with Gasteiger partial charge in [-0.15, -0.1) is 5.01 Å². The van der Waals surface area contributed by atoms with Crippen LogP contribution in [0.4, 0.5) is 0 Å². The molecule has 1 unspecified atom stereocenters. The Hall–Kier alpha value is -1.04. The van der Waals surface area contributed by atoms with E-state index < -0.39 is 0 Å². The molecule has 0 aliphatic heterocycles.